The zero-order chi connectivity index (χ0) is 13.0. The standard InChI is InChI=1S/C14H25N3O/c1-14(2,17-8-4-3-5-9-17)13(16-15)11-12-7-6-10-18-12/h6-7,10,13,16H,3-5,8-9,11,15H2,1-2H3. The van der Waals surface area contributed by atoms with Gasteiger partial charge in [0.25, 0.3) is 0 Å². The molecule has 2 heterocycles. The summed E-state index contributed by atoms with van der Waals surface area (Å²) < 4.78 is 5.43. The third kappa shape index (κ3) is 2.94. The van der Waals surface area contributed by atoms with E-state index in [0.29, 0.717) is 0 Å². The lowest BCUT2D eigenvalue weighted by atomic mass is 9.88. The number of hydrazine groups is 1. The fourth-order valence-corrected chi connectivity index (χ4v) is 2.83. The van der Waals surface area contributed by atoms with E-state index in [0.717, 1.165) is 12.2 Å². The molecule has 0 bridgehead atoms. The molecule has 1 aromatic heterocycles. The zero-order valence-electron chi connectivity index (χ0n) is 11.5. The number of nitrogens with one attached hydrogen (secondary N) is 1. The molecule has 0 spiro atoms. The summed E-state index contributed by atoms with van der Waals surface area (Å²) in [6.45, 7) is 6.88. The lowest BCUT2D eigenvalue weighted by Gasteiger charge is -2.45. The van der Waals surface area contributed by atoms with Gasteiger partial charge in [-0.25, -0.2) is 0 Å². The maximum atomic E-state index is 5.76. The highest BCUT2D eigenvalue weighted by Gasteiger charge is 2.35. The molecule has 18 heavy (non-hydrogen) atoms. The minimum Gasteiger partial charge on any atom is -0.469 e. The summed E-state index contributed by atoms with van der Waals surface area (Å²) in [7, 11) is 0. The highest BCUT2D eigenvalue weighted by molar-refractivity contribution is 5.05. The molecule has 1 aliphatic heterocycles. The van der Waals surface area contributed by atoms with Crippen LogP contribution in [0.2, 0.25) is 0 Å². The van der Waals surface area contributed by atoms with Gasteiger partial charge < -0.3 is 4.42 Å². The first kappa shape index (κ1) is 13.6. The first-order chi connectivity index (χ1) is 8.64. The minimum absolute atomic E-state index is 0.0436. The van der Waals surface area contributed by atoms with Gasteiger partial charge >= 0.3 is 0 Å². The summed E-state index contributed by atoms with van der Waals surface area (Å²) in [6.07, 6.45) is 6.48. The second kappa shape index (κ2) is 5.87. The molecular formula is C14H25N3O. The average Bonchev–Trinajstić information content (AvgIpc) is 2.89. The molecule has 0 radical (unpaired) electrons. The fourth-order valence-electron chi connectivity index (χ4n) is 2.83. The predicted molar refractivity (Wildman–Crippen MR) is 73.0 cm³/mol. The molecule has 2 rings (SSSR count). The van der Waals surface area contributed by atoms with Gasteiger partial charge in [-0.3, -0.25) is 16.2 Å². The number of hydrogen-bond acceptors (Lipinski definition) is 4. The maximum Gasteiger partial charge on any atom is 0.105 e. The second-order valence-electron chi connectivity index (χ2n) is 5.70. The molecule has 1 saturated heterocycles. The number of hydrogen-bond donors (Lipinski definition) is 2. The Morgan fingerprint density at radius 1 is 1.39 bits per heavy atom. The van der Waals surface area contributed by atoms with Gasteiger partial charge in [-0.1, -0.05) is 6.42 Å². The van der Waals surface area contributed by atoms with Crippen LogP contribution in [-0.2, 0) is 6.42 Å². The summed E-state index contributed by atoms with van der Waals surface area (Å²) >= 11 is 0. The van der Waals surface area contributed by atoms with Gasteiger partial charge in [0, 0.05) is 18.0 Å². The molecule has 1 atom stereocenters. The summed E-state index contributed by atoms with van der Waals surface area (Å²) in [5, 5.41) is 0. The molecule has 1 unspecified atom stereocenters. The number of furan rings is 1. The Morgan fingerprint density at radius 2 is 2.11 bits per heavy atom. The van der Waals surface area contributed by atoms with Gasteiger partial charge in [-0.05, 0) is 51.9 Å². The third-order valence-electron chi connectivity index (χ3n) is 4.21. The lowest BCUT2D eigenvalue weighted by Crippen LogP contribution is -2.61. The van der Waals surface area contributed by atoms with E-state index in [1.807, 2.05) is 12.1 Å². The number of nitrogens with zero attached hydrogens (tertiary/aromatic N) is 1. The number of piperidine rings is 1. The summed E-state index contributed by atoms with van der Waals surface area (Å²) in [5.74, 6) is 6.75. The van der Waals surface area contributed by atoms with Gasteiger partial charge in [-0.2, -0.15) is 0 Å². The van der Waals surface area contributed by atoms with E-state index in [4.69, 9.17) is 10.3 Å². The SMILES string of the molecule is CC(C)(C(Cc1ccco1)NN)N1CCCCC1. The average molecular weight is 251 g/mol. The predicted octanol–water partition coefficient (Wildman–Crippen LogP) is 1.92. The van der Waals surface area contributed by atoms with Crippen LogP contribution in [0.25, 0.3) is 0 Å². The van der Waals surface area contributed by atoms with Crippen LogP contribution in [-0.4, -0.2) is 29.6 Å². The highest BCUT2D eigenvalue weighted by atomic mass is 16.3. The van der Waals surface area contributed by atoms with Crippen molar-refractivity contribution in [1.82, 2.24) is 10.3 Å². The van der Waals surface area contributed by atoms with Crippen molar-refractivity contribution in [2.24, 2.45) is 5.84 Å². The maximum absolute atomic E-state index is 5.76. The van der Waals surface area contributed by atoms with Gasteiger partial charge in [0.2, 0.25) is 0 Å². The van der Waals surface area contributed by atoms with E-state index >= 15 is 0 Å². The second-order valence-corrected chi connectivity index (χ2v) is 5.70. The molecule has 3 N–H and O–H groups in total. The van der Waals surface area contributed by atoms with Crippen LogP contribution in [0.3, 0.4) is 0 Å². The molecule has 1 fully saturated rings. The van der Waals surface area contributed by atoms with Crippen molar-refractivity contribution in [2.45, 2.75) is 51.1 Å². The van der Waals surface area contributed by atoms with E-state index in [1.165, 1.54) is 32.4 Å². The smallest absolute Gasteiger partial charge is 0.105 e. The monoisotopic (exact) mass is 251 g/mol. The van der Waals surface area contributed by atoms with Crippen LogP contribution in [0.15, 0.2) is 22.8 Å². The van der Waals surface area contributed by atoms with E-state index in [-0.39, 0.29) is 11.6 Å². The van der Waals surface area contributed by atoms with Gasteiger partial charge in [0.15, 0.2) is 0 Å². The Hall–Kier alpha value is -0.840. The van der Waals surface area contributed by atoms with Crippen LogP contribution in [0.1, 0.15) is 38.9 Å². The Bertz CT molecular complexity index is 342. The van der Waals surface area contributed by atoms with E-state index in [1.54, 1.807) is 6.26 Å². The molecule has 1 aromatic rings. The van der Waals surface area contributed by atoms with Crippen molar-refractivity contribution in [3.8, 4) is 0 Å². The quantitative estimate of drug-likeness (QED) is 0.620. The van der Waals surface area contributed by atoms with Gasteiger partial charge in [0.1, 0.15) is 5.76 Å². The van der Waals surface area contributed by atoms with Crippen LogP contribution >= 0.6 is 0 Å². The number of likely N-dealkylation sites (tertiary alicyclic amines) is 1. The van der Waals surface area contributed by atoms with Crippen LogP contribution < -0.4 is 11.3 Å². The topological polar surface area (TPSA) is 54.4 Å². The van der Waals surface area contributed by atoms with Crippen molar-refractivity contribution in [3.63, 3.8) is 0 Å². The molecule has 4 heteroatoms. The molecule has 0 aromatic carbocycles. The van der Waals surface area contributed by atoms with E-state index in [9.17, 15) is 0 Å². The first-order valence-electron chi connectivity index (χ1n) is 6.88. The lowest BCUT2D eigenvalue weighted by molar-refractivity contribution is 0.0594. The largest absolute Gasteiger partial charge is 0.469 e. The minimum atomic E-state index is 0.0436. The molecule has 0 aliphatic carbocycles. The Morgan fingerprint density at radius 3 is 2.67 bits per heavy atom. The molecular weight excluding hydrogens is 226 g/mol. The van der Waals surface area contributed by atoms with Gasteiger partial charge in [0.05, 0.1) is 6.26 Å². The van der Waals surface area contributed by atoms with E-state index < -0.39 is 0 Å². The van der Waals surface area contributed by atoms with Crippen molar-refractivity contribution < 1.29 is 4.42 Å². The third-order valence-corrected chi connectivity index (χ3v) is 4.21. The van der Waals surface area contributed by atoms with Crippen molar-refractivity contribution in [2.75, 3.05) is 13.1 Å². The summed E-state index contributed by atoms with van der Waals surface area (Å²) in [4.78, 5) is 2.55. The Labute approximate surface area is 109 Å². The first-order valence-corrected chi connectivity index (χ1v) is 6.88. The van der Waals surface area contributed by atoms with Crippen molar-refractivity contribution in [1.29, 1.82) is 0 Å². The fraction of sp³-hybridized carbons (Fsp3) is 0.714. The van der Waals surface area contributed by atoms with Crippen molar-refractivity contribution >= 4 is 0 Å². The normalized spacial score (nSPS) is 19.9. The summed E-state index contributed by atoms with van der Waals surface area (Å²) in [5.41, 5.74) is 3.02. The van der Waals surface area contributed by atoms with Gasteiger partial charge in [-0.15, -0.1) is 0 Å². The van der Waals surface area contributed by atoms with E-state index in [2.05, 4.69) is 24.2 Å². The van der Waals surface area contributed by atoms with Crippen LogP contribution in [0.4, 0.5) is 0 Å². The number of rotatable bonds is 5. The highest BCUT2D eigenvalue weighted by Crippen LogP contribution is 2.25. The number of nitrogens with two attached hydrogens (primary N) is 1. The molecule has 1 aliphatic rings. The Kier molecular flexibility index (Phi) is 4.43. The zero-order valence-corrected chi connectivity index (χ0v) is 11.5. The van der Waals surface area contributed by atoms with Crippen LogP contribution in [0.5, 0.6) is 0 Å². The van der Waals surface area contributed by atoms with Crippen molar-refractivity contribution in [3.05, 3.63) is 24.2 Å². The molecule has 102 valence electrons. The summed E-state index contributed by atoms with van der Waals surface area (Å²) in [6, 6.07) is 4.13. The molecule has 0 saturated carbocycles. The Balaban J connectivity index is 2.04. The van der Waals surface area contributed by atoms with Crippen LogP contribution in [0, 0.1) is 0 Å². The molecule has 4 nitrogen and oxygen atoms in total. The molecule has 0 amide bonds.